The number of halogens is 1. The zero-order valence-electron chi connectivity index (χ0n) is 13.7. The lowest BCUT2D eigenvalue weighted by atomic mass is 10.2. The first-order chi connectivity index (χ1) is 12.0. The average molecular weight is 374 g/mol. The number of anilines is 1. The fourth-order valence-corrected chi connectivity index (χ4v) is 3.21. The number of benzene rings is 1. The number of nitrogens with zero attached hydrogens (tertiary/aromatic N) is 4. The Morgan fingerprint density at radius 2 is 2.00 bits per heavy atom. The molecule has 128 valence electrons. The van der Waals surface area contributed by atoms with Crippen LogP contribution in [0.1, 0.15) is 5.56 Å². The number of hydrogen-bond donors (Lipinski definition) is 1. The standard InChI is InChI=1S/C17H16ClN5OS/c1-11-9-13(18)3-4-14(11)20-15(24)10-25-17-22-21-16(23(17)2)12-5-7-19-8-6-12/h3-9H,10H2,1-2H3,(H,20,24). The van der Waals surface area contributed by atoms with Crippen LogP contribution < -0.4 is 5.32 Å². The quantitative estimate of drug-likeness (QED) is 0.692. The maximum atomic E-state index is 12.2. The van der Waals surface area contributed by atoms with Gasteiger partial charge < -0.3 is 9.88 Å². The van der Waals surface area contributed by atoms with E-state index in [1.54, 1.807) is 24.5 Å². The van der Waals surface area contributed by atoms with E-state index < -0.39 is 0 Å². The molecule has 0 aliphatic heterocycles. The summed E-state index contributed by atoms with van der Waals surface area (Å²) < 4.78 is 1.86. The van der Waals surface area contributed by atoms with E-state index in [1.165, 1.54) is 11.8 Å². The minimum absolute atomic E-state index is 0.108. The molecule has 25 heavy (non-hydrogen) atoms. The molecule has 2 aromatic heterocycles. The highest BCUT2D eigenvalue weighted by Crippen LogP contribution is 2.23. The lowest BCUT2D eigenvalue weighted by Gasteiger charge is -2.08. The molecular weight excluding hydrogens is 358 g/mol. The first-order valence-corrected chi connectivity index (χ1v) is 8.89. The van der Waals surface area contributed by atoms with E-state index in [9.17, 15) is 4.79 Å². The van der Waals surface area contributed by atoms with E-state index >= 15 is 0 Å². The number of amides is 1. The maximum absolute atomic E-state index is 12.2. The molecule has 1 amide bonds. The van der Waals surface area contributed by atoms with Crippen molar-refractivity contribution in [1.82, 2.24) is 19.7 Å². The summed E-state index contributed by atoms with van der Waals surface area (Å²) >= 11 is 7.26. The second kappa shape index (κ2) is 7.67. The van der Waals surface area contributed by atoms with Gasteiger partial charge in [0.05, 0.1) is 5.75 Å². The van der Waals surface area contributed by atoms with Crippen LogP contribution in [0, 0.1) is 6.92 Å². The van der Waals surface area contributed by atoms with Crippen molar-refractivity contribution in [2.75, 3.05) is 11.1 Å². The van der Waals surface area contributed by atoms with Gasteiger partial charge in [-0.25, -0.2) is 0 Å². The van der Waals surface area contributed by atoms with Crippen LogP contribution in [0.25, 0.3) is 11.4 Å². The van der Waals surface area contributed by atoms with E-state index in [0.29, 0.717) is 10.2 Å². The van der Waals surface area contributed by atoms with Gasteiger partial charge in [-0.3, -0.25) is 9.78 Å². The number of aryl methyl sites for hydroxylation is 1. The molecule has 0 spiro atoms. The number of carbonyl (C=O) groups is 1. The van der Waals surface area contributed by atoms with Crippen molar-refractivity contribution in [3.63, 3.8) is 0 Å². The number of hydrogen-bond acceptors (Lipinski definition) is 5. The monoisotopic (exact) mass is 373 g/mol. The molecule has 0 saturated heterocycles. The van der Waals surface area contributed by atoms with Crippen LogP contribution in [0.3, 0.4) is 0 Å². The largest absolute Gasteiger partial charge is 0.325 e. The summed E-state index contributed by atoms with van der Waals surface area (Å²) in [4.78, 5) is 16.2. The van der Waals surface area contributed by atoms with E-state index in [0.717, 1.165) is 22.6 Å². The van der Waals surface area contributed by atoms with E-state index in [-0.39, 0.29) is 11.7 Å². The van der Waals surface area contributed by atoms with Crippen LogP contribution in [0.15, 0.2) is 47.9 Å². The van der Waals surface area contributed by atoms with Crippen molar-refractivity contribution in [3.8, 4) is 11.4 Å². The molecule has 1 aromatic carbocycles. The lowest BCUT2D eigenvalue weighted by molar-refractivity contribution is -0.113. The smallest absolute Gasteiger partial charge is 0.234 e. The Hall–Kier alpha value is -2.38. The second-order valence-corrected chi connectivity index (χ2v) is 6.78. The average Bonchev–Trinajstić information content (AvgIpc) is 2.97. The van der Waals surface area contributed by atoms with Crippen LogP contribution in [-0.2, 0) is 11.8 Å². The molecule has 0 radical (unpaired) electrons. The minimum Gasteiger partial charge on any atom is -0.325 e. The van der Waals surface area contributed by atoms with Gasteiger partial charge in [-0.2, -0.15) is 0 Å². The van der Waals surface area contributed by atoms with Crippen molar-refractivity contribution in [2.45, 2.75) is 12.1 Å². The van der Waals surface area contributed by atoms with E-state index in [1.807, 2.05) is 36.7 Å². The van der Waals surface area contributed by atoms with Gasteiger partial charge in [0, 0.05) is 35.7 Å². The van der Waals surface area contributed by atoms with E-state index in [2.05, 4.69) is 20.5 Å². The Bertz CT molecular complexity index is 897. The Morgan fingerprint density at radius 3 is 2.72 bits per heavy atom. The molecule has 6 nitrogen and oxygen atoms in total. The van der Waals surface area contributed by atoms with Crippen molar-refractivity contribution in [2.24, 2.45) is 7.05 Å². The molecule has 2 heterocycles. The van der Waals surface area contributed by atoms with Gasteiger partial charge in [0.1, 0.15) is 0 Å². The van der Waals surface area contributed by atoms with Crippen LogP contribution >= 0.6 is 23.4 Å². The number of pyridine rings is 1. The molecule has 0 aliphatic carbocycles. The Balaban J connectivity index is 1.64. The first-order valence-electron chi connectivity index (χ1n) is 7.53. The minimum atomic E-state index is -0.108. The highest BCUT2D eigenvalue weighted by atomic mass is 35.5. The zero-order chi connectivity index (χ0) is 17.8. The highest BCUT2D eigenvalue weighted by Gasteiger charge is 2.13. The normalized spacial score (nSPS) is 10.7. The molecule has 0 bridgehead atoms. The summed E-state index contributed by atoms with van der Waals surface area (Å²) in [6.07, 6.45) is 3.41. The number of carbonyl (C=O) groups excluding carboxylic acids is 1. The summed E-state index contributed by atoms with van der Waals surface area (Å²) in [6.45, 7) is 1.90. The SMILES string of the molecule is Cc1cc(Cl)ccc1NC(=O)CSc1nnc(-c2ccncc2)n1C. The molecule has 0 unspecified atom stereocenters. The van der Waals surface area contributed by atoms with Gasteiger partial charge in [0.25, 0.3) is 0 Å². The summed E-state index contributed by atoms with van der Waals surface area (Å²) in [5, 5.41) is 12.6. The molecule has 3 rings (SSSR count). The van der Waals surface area contributed by atoms with Crippen molar-refractivity contribution >= 4 is 35.0 Å². The Morgan fingerprint density at radius 1 is 1.24 bits per heavy atom. The van der Waals surface area contributed by atoms with Crippen molar-refractivity contribution in [1.29, 1.82) is 0 Å². The predicted octanol–water partition coefficient (Wildman–Crippen LogP) is 3.57. The molecule has 0 saturated carbocycles. The van der Waals surface area contributed by atoms with Crippen LogP contribution in [0.5, 0.6) is 0 Å². The molecule has 0 aliphatic rings. The van der Waals surface area contributed by atoms with Crippen LogP contribution in [-0.4, -0.2) is 31.4 Å². The maximum Gasteiger partial charge on any atom is 0.234 e. The third-order valence-corrected chi connectivity index (χ3v) is 4.82. The molecule has 8 heteroatoms. The Kier molecular flexibility index (Phi) is 5.35. The van der Waals surface area contributed by atoms with Crippen molar-refractivity contribution < 1.29 is 4.79 Å². The van der Waals surface area contributed by atoms with Crippen LogP contribution in [0.2, 0.25) is 5.02 Å². The van der Waals surface area contributed by atoms with Gasteiger partial charge in [-0.05, 0) is 42.8 Å². The third kappa shape index (κ3) is 4.18. The second-order valence-electron chi connectivity index (χ2n) is 5.40. The van der Waals surface area contributed by atoms with Gasteiger partial charge in [-0.1, -0.05) is 23.4 Å². The van der Waals surface area contributed by atoms with Gasteiger partial charge >= 0.3 is 0 Å². The molecule has 0 atom stereocenters. The number of nitrogens with one attached hydrogen (secondary N) is 1. The van der Waals surface area contributed by atoms with Gasteiger partial charge in [0.15, 0.2) is 11.0 Å². The summed E-state index contributed by atoms with van der Waals surface area (Å²) in [5.41, 5.74) is 2.60. The predicted molar refractivity (Wildman–Crippen MR) is 99.8 cm³/mol. The molecule has 0 fully saturated rings. The lowest BCUT2D eigenvalue weighted by Crippen LogP contribution is -2.15. The fourth-order valence-electron chi connectivity index (χ4n) is 2.28. The fraction of sp³-hybridized carbons (Fsp3) is 0.176. The molecular formula is C17H16ClN5OS. The van der Waals surface area contributed by atoms with Crippen LogP contribution in [0.4, 0.5) is 5.69 Å². The Labute approximate surface area is 154 Å². The third-order valence-electron chi connectivity index (χ3n) is 3.57. The van der Waals surface area contributed by atoms with Gasteiger partial charge in [0.2, 0.25) is 5.91 Å². The van der Waals surface area contributed by atoms with E-state index in [4.69, 9.17) is 11.6 Å². The number of rotatable bonds is 5. The first kappa shape index (κ1) is 17.4. The topological polar surface area (TPSA) is 72.7 Å². The summed E-state index contributed by atoms with van der Waals surface area (Å²) in [6, 6.07) is 9.10. The zero-order valence-corrected chi connectivity index (χ0v) is 15.3. The van der Waals surface area contributed by atoms with Crippen molar-refractivity contribution in [3.05, 3.63) is 53.3 Å². The molecule has 3 aromatic rings. The number of aromatic nitrogens is 4. The number of thioether (sulfide) groups is 1. The molecule has 1 N–H and O–H groups in total. The van der Waals surface area contributed by atoms with Gasteiger partial charge in [-0.15, -0.1) is 10.2 Å². The summed E-state index contributed by atoms with van der Waals surface area (Å²) in [7, 11) is 1.87. The summed E-state index contributed by atoms with van der Waals surface area (Å²) in [5.74, 6) is 0.868. The highest BCUT2D eigenvalue weighted by molar-refractivity contribution is 7.99.